The van der Waals surface area contributed by atoms with E-state index in [0.29, 0.717) is 22.0 Å². The van der Waals surface area contributed by atoms with Crippen molar-refractivity contribution < 1.29 is 9.13 Å². The van der Waals surface area contributed by atoms with Crippen LogP contribution in [0.25, 0.3) is 0 Å². The maximum atomic E-state index is 13.3. The molecular formula is C16H17BrFNO. The smallest absolute Gasteiger partial charge is 0.131 e. The van der Waals surface area contributed by atoms with E-state index in [1.165, 1.54) is 17.7 Å². The SMILES string of the molecule is CCC(NC)c1ccc(Oc2cc(F)cc(Br)c2)cc1. The molecule has 0 aliphatic rings. The highest BCUT2D eigenvalue weighted by Gasteiger charge is 2.07. The van der Waals surface area contributed by atoms with Gasteiger partial charge in [0.15, 0.2) is 0 Å². The first-order valence-corrected chi connectivity index (χ1v) is 7.33. The largest absolute Gasteiger partial charge is 0.457 e. The van der Waals surface area contributed by atoms with Crippen molar-refractivity contribution in [2.45, 2.75) is 19.4 Å². The van der Waals surface area contributed by atoms with Gasteiger partial charge in [-0.15, -0.1) is 0 Å². The molecule has 0 amide bonds. The summed E-state index contributed by atoms with van der Waals surface area (Å²) < 4.78 is 19.6. The van der Waals surface area contributed by atoms with Crippen LogP contribution in [0.15, 0.2) is 46.9 Å². The molecule has 2 aromatic carbocycles. The summed E-state index contributed by atoms with van der Waals surface area (Å²) in [4.78, 5) is 0. The number of nitrogens with one attached hydrogen (secondary N) is 1. The first kappa shape index (κ1) is 15.0. The van der Waals surface area contributed by atoms with Gasteiger partial charge in [-0.3, -0.25) is 0 Å². The standard InChI is InChI=1S/C16H17BrFNO/c1-3-16(19-2)11-4-6-14(7-5-11)20-15-9-12(17)8-13(18)10-15/h4-10,16,19H,3H2,1-2H3. The van der Waals surface area contributed by atoms with Crippen LogP contribution in [-0.4, -0.2) is 7.05 Å². The summed E-state index contributed by atoms with van der Waals surface area (Å²) >= 11 is 3.25. The fourth-order valence-electron chi connectivity index (χ4n) is 2.10. The first-order chi connectivity index (χ1) is 9.62. The van der Waals surface area contributed by atoms with Gasteiger partial charge in [0.2, 0.25) is 0 Å². The summed E-state index contributed by atoms with van der Waals surface area (Å²) in [7, 11) is 1.95. The highest BCUT2D eigenvalue weighted by atomic mass is 79.9. The van der Waals surface area contributed by atoms with Gasteiger partial charge in [0.25, 0.3) is 0 Å². The molecule has 2 rings (SSSR count). The molecular weight excluding hydrogens is 321 g/mol. The molecule has 1 atom stereocenters. The van der Waals surface area contributed by atoms with Gasteiger partial charge < -0.3 is 10.1 Å². The van der Waals surface area contributed by atoms with Crippen molar-refractivity contribution in [3.63, 3.8) is 0 Å². The van der Waals surface area contributed by atoms with Crippen molar-refractivity contribution in [1.29, 1.82) is 0 Å². The Labute approximate surface area is 127 Å². The van der Waals surface area contributed by atoms with Crippen molar-refractivity contribution in [1.82, 2.24) is 5.32 Å². The van der Waals surface area contributed by atoms with Crippen molar-refractivity contribution >= 4 is 15.9 Å². The van der Waals surface area contributed by atoms with E-state index >= 15 is 0 Å². The van der Waals surface area contributed by atoms with Crippen molar-refractivity contribution in [3.8, 4) is 11.5 Å². The Hall–Kier alpha value is -1.39. The van der Waals surface area contributed by atoms with E-state index < -0.39 is 0 Å². The van der Waals surface area contributed by atoms with Crippen LogP contribution >= 0.6 is 15.9 Å². The molecule has 0 aliphatic carbocycles. The quantitative estimate of drug-likeness (QED) is 0.824. The summed E-state index contributed by atoms with van der Waals surface area (Å²) in [6, 6.07) is 12.7. The van der Waals surface area contributed by atoms with Gasteiger partial charge in [-0.05, 0) is 43.3 Å². The predicted octanol–water partition coefficient (Wildman–Crippen LogP) is 5.05. The average molecular weight is 338 g/mol. The minimum Gasteiger partial charge on any atom is -0.457 e. The van der Waals surface area contributed by atoms with Crippen LogP contribution < -0.4 is 10.1 Å². The van der Waals surface area contributed by atoms with Gasteiger partial charge in [-0.2, -0.15) is 0 Å². The lowest BCUT2D eigenvalue weighted by Crippen LogP contribution is -2.14. The van der Waals surface area contributed by atoms with E-state index in [1.54, 1.807) is 6.07 Å². The number of rotatable bonds is 5. The predicted molar refractivity (Wildman–Crippen MR) is 82.7 cm³/mol. The maximum absolute atomic E-state index is 13.3. The normalized spacial score (nSPS) is 12.2. The topological polar surface area (TPSA) is 21.3 Å². The summed E-state index contributed by atoms with van der Waals surface area (Å²) in [6.07, 6.45) is 1.02. The van der Waals surface area contributed by atoms with Crippen LogP contribution in [0.5, 0.6) is 11.5 Å². The summed E-state index contributed by atoms with van der Waals surface area (Å²) in [6.45, 7) is 2.13. The van der Waals surface area contributed by atoms with Crippen molar-refractivity contribution in [2.24, 2.45) is 0 Å². The number of hydrogen-bond acceptors (Lipinski definition) is 2. The molecule has 4 heteroatoms. The molecule has 0 bridgehead atoms. The third-order valence-electron chi connectivity index (χ3n) is 3.11. The number of hydrogen-bond donors (Lipinski definition) is 1. The summed E-state index contributed by atoms with van der Waals surface area (Å²) in [5, 5.41) is 3.26. The molecule has 0 saturated carbocycles. The second kappa shape index (κ2) is 6.86. The van der Waals surface area contributed by atoms with Crippen LogP contribution in [-0.2, 0) is 0 Å². The molecule has 1 unspecified atom stereocenters. The fraction of sp³-hybridized carbons (Fsp3) is 0.250. The zero-order chi connectivity index (χ0) is 14.5. The zero-order valence-electron chi connectivity index (χ0n) is 11.5. The Bertz CT molecular complexity index is 547. The Morgan fingerprint density at radius 1 is 1.15 bits per heavy atom. The zero-order valence-corrected chi connectivity index (χ0v) is 13.1. The van der Waals surface area contributed by atoms with E-state index in [-0.39, 0.29) is 5.82 Å². The maximum Gasteiger partial charge on any atom is 0.131 e. The van der Waals surface area contributed by atoms with Crippen LogP contribution in [0.2, 0.25) is 0 Å². The molecule has 0 aromatic heterocycles. The highest BCUT2D eigenvalue weighted by Crippen LogP contribution is 2.27. The third-order valence-corrected chi connectivity index (χ3v) is 3.57. The van der Waals surface area contributed by atoms with Crippen molar-refractivity contribution in [3.05, 3.63) is 58.3 Å². The molecule has 0 aliphatic heterocycles. The molecule has 2 aromatic rings. The fourth-order valence-corrected chi connectivity index (χ4v) is 2.54. The van der Waals surface area contributed by atoms with E-state index in [4.69, 9.17) is 4.74 Å². The summed E-state index contributed by atoms with van der Waals surface area (Å²) in [5.41, 5.74) is 1.21. The monoisotopic (exact) mass is 337 g/mol. The molecule has 0 saturated heterocycles. The van der Waals surface area contributed by atoms with E-state index in [0.717, 1.165) is 6.42 Å². The molecule has 0 spiro atoms. The van der Waals surface area contributed by atoms with Crippen molar-refractivity contribution in [2.75, 3.05) is 7.05 Å². The lowest BCUT2D eigenvalue weighted by atomic mass is 10.0. The Morgan fingerprint density at radius 2 is 1.85 bits per heavy atom. The van der Waals surface area contributed by atoms with Gasteiger partial charge in [0, 0.05) is 16.6 Å². The number of ether oxygens (including phenoxy) is 1. The second-order valence-electron chi connectivity index (χ2n) is 4.53. The van der Waals surface area contributed by atoms with Crippen LogP contribution in [0, 0.1) is 5.82 Å². The molecule has 1 N–H and O–H groups in total. The van der Waals surface area contributed by atoms with E-state index in [9.17, 15) is 4.39 Å². The van der Waals surface area contributed by atoms with Crippen LogP contribution in [0.3, 0.4) is 0 Å². The molecule has 0 fully saturated rings. The van der Waals surface area contributed by atoms with Crippen LogP contribution in [0.1, 0.15) is 24.9 Å². The highest BCUT2D eigenvalue weighted by molar-refractivity contribution is 9.10. The number of benzene rings is 2. The van der Waals surface area contributed by atoms with E-state index in [1.807, 2.05) is 31.3 Å². The molecule has 2 nitrogen and oxygen atoms in total. The van der Waals surface area contributed by atoms with Gasteiger partial charge in [-0.25, -0.2) is 4.39 Å². The average Bonchev–Trinajstić information content (AvgIpc) is 2.41. The van der Waals surface area contributed by atoms with Gasteiger partial charge >= 0.3 is 0 Å². The lowest BCUT2D eigenvalue weighted by Gasteiger charge is -2.14. The van der Waals surface area contributed by atoms with Gasteiger partial charge in [-0.1, -0.05) is 35.0 Å². The third kappa shape index (κ3) is 3.81. The lowest BCUT2D eigenvalue weighted by molar-refractivity contribution is 0.475. The Kier molecular flexibility index (Phi) is 5.15. The molecule has 20 heavy (non-hydrogen) atoms. The van der Waals surface area contributed by atoms with Crippen LogP contribution in [0.4, 0.5) is 4.39 Å². The van der Waals surface area contributed by atoms with E-state index in [2.05, 4.69) is 28.2 Å². The molecule has 0 radical (unpaired) electrons. The summed E-state index contributed by atoms with van der Waals surface area (Å²) in [5.74, 6) is 0.842. The minimum absolute atomic E-state index is 0.327. The minimum atomic E-state index is -0.327. The van der Waals surface area contributed by atoms with Gasteiger partial charge in [0.1, 0.15) is 17.3 Å². The van der Waals surface area contributed by atoms with Gasteiger partial charge in [0.05, 0.1) is 0 Å². The molecule has 0 heterocycles. The Balaban J connectivity index is 2.14. The Morgan fingerprint density at radius 3 is 2.40 bits per heavy atom. The second-order valence-corrected chi connectivity index (χ2v) is 5.44. The number of halogens is 2. The first-order valence-electron chi connectivity index (χ1n) is 6.53. The molecule has 106 valence electrons.